The molecule has 110 valence electrons. The zero-order valence-corrected chi connectivity index (χ0v) is 13.3. The highest BCUT2D eigenvalue weighted by Crippen LogP contribution is 2.13. The van der Waals surface area contributed by atoms with Crippen molar-refractivity contribution in [3.63, 3.8) is 0 Å². The van der Waals surface area contributed by atoms with Crippen LogP contribution in [-0.2, 0) is 0 Å². The van der Waals surface area contributed by atoms with Gasteiger partial charge in [-0.05, 0) is 49.4 Å². The van der Waals surface area contributed by atoms with Gasteiger partial charge in [0.25, 0.3) is 0 Å². The summed E-state index contributed by atoms with van der Waals surface area (Å²) in [6, 6.07) is 7.67. The summed E-state index contributed by atoms with van der Waals surface area (Å²) in [5.41, 5.74) is 6.45. The Bertz CT molecular complexity index is 414. The standard InChI is InChI=1S/C15H22N2OS2/c16-15(19)13-3-5-14(6-4-13)18-10-1-7-17-8-2-11-20-12-9-17/h3-6H,1-2,7-12H2,(H2,16,19). The minimum absolute atomic E-state index is 0.426. The van der Waals surface area contributed by atoms with Crippen molar-refractivity contribution in [2.75, 3.05) is 37.7 Å². The van der Waals surface area contributed by atoms with Gasteiger partial charge in [0.2, 0.25) is 0 Å². The first kappa shape index (κ1) is 15.6. The van der Waals surface area contributed by atoms with Crippen LogP contribution in [0.2, 0.25) is 0 Å². The monoisotopic (exact) mass is 310 g/mol. The molecule has 3 nitrogen and oxygen atoms in total. The van der Waals surface area contributed by atoms with E-state index in [1.165, 1.54) is 31.0 Å². The highest BCUT2D eigenvalue weighted by atomic mass is 32.2. The maximum absolute atomic E-state index is 5.75. The number of ether oxygens (including phenoxy) is 1. The predicted octanol–water partition coefficient (Wildman–Crippen LogP) is 2.53. The van der Waals surface area contributed by atoms with Crippen LogP contribution in [-0.4, -0.2) is 47.6 Å². The maximum atomic E-state index is 5.75. The van der Waals surface area contributed by atoms with Gasteiger partial charge in [-0.1, -0.05) is 12.2 Å². The summed E-state index contributed by atoms with van der Waals surface area (Å²) in [6.45, 7) is 4.34. The molecule has 0 unspecified atom stereocenters. The third-order valence-electron chi connectivity index (χ3n) is 3.34. The van der Waals surface area contributed by atoms with Crippen molar-refractivity contribution < 1.29 is 4.74 Å². The van der Waals surface area contributed by atoms with E-state index in [9.17, 15) is 0 Å². The second-order valence-electron chi connectivity index (χ2n) is 4.90. The van der Waals surface area contributed by atoms with Gasteiger partial charge in [-0.3, -0.25) is 0 Å². The van der Waals surface area contributed by atoms with Crippen LogP contribution in [0.4, 0.5) is 0 Å². The first-order valence-electron chi connectivity index (χ1n) is 7.08. The third kappa shape index (κ3) is 5.31. The molecule has 0 spiro atoms. The molecule has 0 amide bonds. The Morgan fingerprint density at radius 3 is 2.80 bits per heavy atom. The molecular weight excluding hydrogens is 288 g/mol. The van der Waals surface area contributed by atoms with Crippen LogP contribution in [0, 0.1) is 0 Å². The van der Waals surface area contributed by atoms with Gasteiger partial charge in [-0.2, -0.15) is 11.8 Å². The number of rotatable bonds is 6. The molecule has 0 radical (unpaired) electrons. The molecule has 1 heterocycles. The van der Waals surface area contributed by atoms with Gasteiger partial charge in [-0.25, -0.2) is 0 Å². The number of thiocarbonyl (C=S) groups is 1. The molecular formula is C15H22N2OS2. The summed E-state index contributed by atoms with van der Waals surface area (Å²) in [5.74, 6) is 3.46. The van der Waals surface area contributed by atoms with Gasteiger partial charge >= 0.3 is 0 Å². The lowest BCUT2D eigenvalue weighted by molar-refractivity contribution is 0.245. The molecule has 0 atom stereocenters. The first-order chi connectivity index (χ1) is 9.75. The van der Waals surface area contributed by atoms with Gasteiger partial charge in [-0.15, -0.1) is 0 Å². The Morgan fingerprint density at radius 1 is 1.25 bits per heavy atom. The Morgan fingerprint density at radius 2 is 2.05 bits per heavy atom. The molecule has 0 aromatic heterocycles. The lowest BCUT2D eigenvalue weighted by Gasteiger charge is -2.19. The minimum Gasteiger partial charge on any atom is -0.494 e. The number of hydrogen-bond donors (Lipinski definition) is 1. The van der Waals surface area contributed by atoms with E-state index in [0.717, 1.165) is 30.9 Å². The lowest BCUT2D eigenvalue weighted by Crippen LogP contribution is -2.28. The topological polar surface area (TPSA) is 38.5 Å². The van der Waals surface area contributed by atoms with E-state index in [-0.39, 0.29) is 0 Å². The van der Waals surface area contributed by atoms with Crippen LogP contribution in [0.3, 0.4) is 0 Å². The van der Waals surface area contributed by atoms with Crippen LogP contribution in [0.1, 0.15) is 18.4 Å². The van der Waals surface area contributed by atoms with Gasteiger partial charge < -0.3 is 15.4 Å². The van der Waals surface area contributed by atoms with Gasteiger partial charge in [0, 0.05) is 24.4 Å². The molecule has 1 aromatic rings. The zero-order chi connectivity index (χ0) is 14.2. The van der Waals surface area contributed by atoms with Crippen LogP contribution in [0.15, 0.2) is 24.3 Å². The van der Waals surface area contributed by atoms with E-state index in [2.05, 4.69) is 16.7 Å². The molecule has 1 aromatic carbocycles. The third-order valence-corrected chi connectivity index (χ3v) is 4.63. The molecule has 0 bridgehead atoms. The first-order valence-corrected chi connectivity index (χ1v) is 8.65. The van der Waals surface area contributed by atoms with E-state index in [1.807, 2.05) is 24.3 Å². The van der Waals surface area contributed by atoms with E-state index in [4.69, 9.17) is 22.7 Å². The predicted molar refractivity (Wildman–Crippen MR) is 90.8 cm³/mol. The van der Waals surface area contributed by atoms with Crippen molar-refractivity contribution in [2.45, 2.75) is 12.8 Å². The fraction of sp³-hybridized carbons (Fsp3) is 0.533. The van der Waals surface area contributed by atoms with Crippen molar-refractivity contribution in [2.24, 2.45) is 5.73 Å². The summed E-state index contributed by atoms with van der Waals surface area (Å²) in [6.07, 6.45) is 2.38. The lowest BCUT2D eigenvalue weighted by atomic mass is 10.2. The number of benzene rings is 1. The average Bonchev–Trinajstić information content (AvgIpc) is 2.73. The summed E-state index contributed by atoms with van der Waals surface area (Å²) < 4.78 is 5.75. The number of nitrogens with two attached hydrogens (primary N) is 1. The smallest absolute Gasteiger partial charge is 0.119 e. The average molecular weight is 310 g/mol. The van der Waals surface area contributed by atoms with Crippen molar-refractivity contribution in [3.8, 4) is 5.75 Å². The zero-order valence-electron chi connectivity index (χ0n) is 11.7. The van der Waals surface area contributed by atoms with Gasteiger partial charge in [0.05, 0.1) is 6.61 Å². The van der Waals surface area contributed by atoms with Crippen molar-refractivity contribution in [3.05, 3.63) is 29.8 Å². The highest BCUT2D eigenvalue weighted by Gasteiger charge is 2.08. The van der Waals surface area contributed by atoms with Gasteiger partial charge in [0.1, 0.15) is 10.7 Å². The second-order valence-corrected chi connectivity index (χ2v) is 6.56. The number of nitrogens with zero attached hydrogens (tertiary/aromatic N) is 1. The molecule has 0 saturated carbocycles. The Balaban J connectivity index is 1.66. The van der Waals surface area contributed by atoms with Crippen LogP contribution in [0.25, 0.3) is 0 Å². The Kier molecular flexibility index (Phi) is 6.63. The Labute approximate surface area is 130 Å². The minimum atomic E-state index is 0.426. The molecule has 20 heavy (non-hydrogen) atoms. The molecule has 1 aliphatic rings. The molecule has 1 fully saturated rings. The molecule has 0 aliphatic carbocycles. The Hall–Kier alpha value is -0.780. The van der Waals surface area contributed by atoms with Crippen LogP contribution in [0.5, 0.6) is 5.75 Å². The van der Waals surface area contributed by atoms with E-state index < -0.39 is 0 Å². The van der Waals surface area contributed by atoms with Crippen LogP contribution < -0.4 is 10.5 Å². The maximum Gasteiger partial charge on any atom is 0.119 e. The van der Waals surface area contributed by atoms with Crippen molar-refractivity contribution >= 4 is 29.0 Å². The summed E-state index contributed by atoms with van der Waals surface area (Å²) in [4.78, 5) is 2.97. The van der Waals surface area contributed by atoms with Crippen LogP contribution >= 0.6 is 24.0 Å². The van der Waals surface area contributed by atoms with Gasteiger partial charge in [0.15, 0.2) is 0 Å². The van der Waals surface area contributed by atoms with E-state index in [1.54, 1.807) is 0 Å². The summed E-state index contributed by atoms with van der Waals surface area (Å²) in [7, 11) is 0. The SMILES string of the molecule is NC(=S)c1ccc(OCCCN2CCCSCC2)cc1. The fourth-order valence-electron chi connectivity index (χ4n) is 2.21. The second kappa shape index (κ2) is 8.49. The molecule has 5 heteroatoms. The number of hydrogen-bond acceptors (Lipinski definition) is 4. The normalized spacial score (nSPS) is 16.6. The molecule has 2 rings (SSSR count). The number of thioether (sulfide) groups is 1. The molecule has 1 saturated heterocycles. The fourth-order valence-corrected chi connectivity index (χ4v) is 3.28. The largest absolute Gasteiger partial charge is 0.494 e. The quantitative estimate of drug-likeness (QED) is 0.646. The molecule has 2 N–H and O–H groups in total. The highest BCUT2D eigenvalue weighted by molar-refractivity contribution is 7.99. The van der Waals surface area contributed by atoms with E-state index in [0.29, 0.717) is 4.99 Å². The summed E-state index contributed by atoms with van der Waals surface area (Å²) >= 11 is 6.99. The summed E-state index contributed by atoms with van der Waals surface area (Å²) in [5, 5.41) is 0. The van der Waals surface area contributed by atoms with Crippen molar-refractivity contribution in [1.82, 2.24) is 4.90 Å². The van der Waals surface area contributed by atoms with E-state index >= 15 is 0 Å². The van der Waals surface area contributed by atoms with Crippen molar-refractivity contribution in [1.29, 1.82) is 0 Å². The molecule has 1 aliphatic heterocycles.